The van der Waals surface area contributed by atoms with Crippen LogP contribution in [0.15, 0.2) is 12.0 Å². The molecule has 0 aromatic heterocycles. The summed E-state index contributed by atoms with van der Waals surface area (Å²) in [5, 5.41) is 11.5. The number of hydrogen-bond acceptors (Lipinski definition) is 5. The maximum atomic E-state index is 8.93. The van der Waals surface area contributed by atoms with Gasteiger partial charge in [0.05, 0.1) is 6.17 Å². The first kappa shape index (κ1) is 7.33. The van der Waals surface area contributed by atoms with Crippen molar-refractivity contribution < 1.29 is 5.11 Å². The van der Waals surface area contributed by atoms with Gasteiger partial charge in [-0.1, -0.05) is 0 Å². The van der Waals surface area contributed by atoms with Gasteiger partial charge in [0, 0.05) is 6.08 Å². The first-order valence-electron chi connectivity index (χ1n) is 3.01. The van der Waals surface area contributed by atoms with Crippen LogP contribution in [0.5, 0.6) is 0 Å². The van der Waals surface area contributed by atoms with Crippen molar-refractivity contribution in [1.82, 2.24) is 10.2 Å². The molecule has 5 heteroatoms. The maximum absolute atomic E-state index is 8.93. The molecule has 6 N–H and O–H groups in total. The van der Waals surface area contributed by atoms with E-state index in [4.69, 9.17) is 16.6 Å². The summed E-state index contributed by atoms with van der Waals surface area (Å²) in [5.41, 5.74) is 11.0. The summed E-state index contributed by atoms with van der Waals surface area (Å²) in [6.45, 7) is 0. The summed E-state index contributed by atoms with van der Waals surface area (Å²) in [5.74, 6) is 0.0399. The second-order valence-electron chi connectivity index (χ2n) is 2.30. The molecule has 1 rings (SSSR count). The van der Waals surface area contributed by atoms with Crippen LogP contribution in [0.25, 0.3) is 0 Å². The third kappa shape index (κ3) is 1.21. The topological polar surface area (TPSA) is 87.5 Å². The fourth-order valence-corrected chi connectivity index (χ4v) is 0.766. The minimum atomic E-state index is -0.403. The van der Waals surface area contributed by atoms with Crippen LogP contribution in [0.3, 0.4) is 0 Å². The Kier molecular flexibility index (Phi) is 1.80. The molecule has 0 aromatic carbocycles. The van der Waals surface area contributed by atoms with E-state index >= 15 is 0 Å². The van der Waals surface area contributed by atoms with Gasteiger partial charge >= 0.3 is 0 Å². The molecule has 0 bridgehead atoms. The molecule has 1 aliphatic heterocycles. The Morgan fingerprint density at radius 3 is 2.80 bits per heavy atom. The highest BCUT2D eigenvalue weighted by atomic mass is 16.3. The number of aliphatic hydroxyl groups excluding tert-OH is 1. The zero-order chi connectivity index (χ0) is 7.72. The number of likely N-dealkylation sites (N-methyl/N-ethyl adjacent to an activating group) is 1. The average molecular weight is 144 g/mol. The third-order valence-electron chi connectivity index (χ3n) is 1.53. The summed E-state index contributed by atoms with van der Waals surface area (Å²) in [6, 6.07) is 0. The molecule has 0 fully saturated rings. The van der Waals surface area contributed by atoms with Crippen molar-refractivity contribution in [3.8, 4) is 0 Å². The third-order valence-corrected chi connectivity index (χ3v) is 1.53. The first-order chi connectivity index (χ1) is 4.61. The predicted molar refractivity (Wildman–Crippen MR) is 37.6 cm³/mol. The normalized spacial score (nSPS) is 34.9. The van der Waals surface area contributed by atoms with Gasteiger partial charge in [-0.15, -0.1) is 0 Å². The summed E-state index contributed by atoms with van der Waals surface area (Å²) in [6.07, 6.45) is 0.778. The van der Waals surface area contributed by atoms with E-state index in [0.29, 0.717) is 0 Å². The number of nitrogens with two attached hydrogens (primary N) is 2. The molecule has 0 amide bonds. The Morgan fingerprint density at radius 2 is 2.30 bits per heavy atom. The lowest BCUT2D eigenvalue weighted by Gasteiger charge is -2.33. The molecule has 0 saturated heterocycles. The van der Waals surface area contributed by atoms with E-state index in [1.807, 2.05) is 0 Å². The molecule has 5 nitrogen and oxygen atoms in total. The number of hydrogen-bond donors (Lipinski definition) is 4. The monoisotopic (exact) mass is 144 g/mol. The molecule has 2 unspecified atom stereocenters. The SMILES string of the molecule is CN1C(N)C=C(O)NC1N. The van der Waals surface area contributed by atoms with Gasteiger partial charge in [0.1, 0.15) is 6.29 Å². The molecule has 1 heterocycles. The van der Waals surface area contributed by atoms with E-state index < -0.39 is 6.29 Å². The van der Waals surface area contributed by atoms with E-state index in [1.54, 1.807) is 11.9 Å². The van der Waals surface area contributed by atoms with Crippen molar-refractivity contribution >= 4 is 0 Å². The van der Waals surface area contributed by atoms with Crippen LogP contribution in [-0.2, 0) is 0 Å². The van der Waals surface area contributed by atoms with E-state index in [2.05, 4.69) is 5.32 Å². The van der Waals surface area contributed by atoms with Crippen LogP contribution in [0.1, 0.15) is 0 Å². The number of aliphatic hydroxyl groups is 1. The van der Waals surface area contributed by atoms with Crippen molar-refractivity contribution in [2.45, 2.75) is 12.5 Å². The van der Waals surface area contributed by atoms with Crippen molar-refractivity contribution in [2.24, 2.45) is 11.5 Å². The summed E-state index contributed by atoms with van der Waals surface area (Å²) in [4.78, 5) is 1.69. The van der Waals surface area contributed by atoms with E-state index in [0.717, 1.165) is 0 Å². The minimum absolute atomic E-state index is 0.0399. The van der Waals surface area contributed by atoms with Gasteiger partial charge in [-0.2, -0.15) is 0 Å². The van der Waals surface area contributed by atoms with Gasteiger partial charge in [-0.25, -0.2) is 0 Å². The fraction of sp³-hybridized carbons (Fsp3) is 0.600. The molecule has 0 saturated carbocycles. The molecule has 10 heavy (non-hydrogen) atoms. The van der Waals surface area contributed by atoms with Crippen LogP contribution in [0.4, 0.5) is 0 Å². The average Bonchev–Trinajstić information content (AvgIpc) is 1.82. The molecular weight excluding hydrogens is 132 g/mol. The molecule has 0 aromatic rings. The first-order valence-corrected chi connectivity index (χ1v) is 3.01. The van der Waals surface area contributed by atoms with Gasteiger partial charge in [0.15, 0.2) is 5.88 Å². The van der Waals surface area contributed by atoms with Crippen LogP contribution in [-0.4, -0.2) is 29.5 Å². The molecule has 2 atom stereocenters. The van der Waals surface area contributed by atoms with E-state index in [9.17, 15) is 0 Å². The molecular formula is C5H12N4O. The Labute approximate surface area is 59.3 Å². The Balaban J connectivity index is 2.69. The van der Waals surface area contributed by atoms with E-state index in [1.165, 1.54) is 6.08 Å². The van der Waals surface area contributed by atoms with Crippen molar-refractivity contribution in [2.75, 3.05) is 7.05 Å². The largest absolute Gasteiger partial charge is 0.495 e. The van der Waals surface area contributed by atoms with Gasteiger partial charge in [0.25, 0.3) is 0 Å². The standard InChI is InChI=1S/C5H12N4O/c1-9-3(6)2-4(10)8-5(9)7/h2-3,5,8,10H,6-7H2,1H3. The van der Waals surface area contributed by atoms with Gasteiger partial charge in [0.2, 0.25) is 0 Å². The van der Waals surface area contributed by atoms with Crippen LogP contribution < -0.4 is 16.8 Å². The number of nitrogens with zero attached hydrogens (tertiary/aromatic N) is 1. The second-order valence-corrected chi connectivity index (χ2v) is 2.30. The number of rotatable bonds is 0. The molecule has 1 aliphatic rings. The van der Waals surface area contributed by atoms with Crippen molar-refractivity contribution in [3.63, 3.8) is 0 Å². The van der Waals surface area contributed by atoms with Crippen LogP contribution in [0, 0.1) is 0 Å². The van der Waals surface area contributed by atoms with Gasteiger partial charge < -0.3 is 16.2 Å². The maximum Gasteiger partial charge on any atom is 0.185 e. The lowest BCUT2D eigenvalue weighted by molar-refractivity contribution is 0.140. The zero-order valence-electron chi connectivity index (χ0n) is 5.78. The summed E-state index contributed by atoms with van der Waals surface area (Å²) < 4.78 is 0. The molecule has 0 spiro atoms. The smallest absolute Gasteiger partial charge is 0.185 e. The van der Waals surface area contributed by atoms with Gasteiger partial charge in [-0.05, 0) is 7.05 Å². The molecule has 0 aliphatic carbocycles. The van der Waals surface area contributed by atoms with Gasteiger partial charge in [-0.3, -0.25) is 10.6 Å². The van der Waals surface area contributed by atoms with Crippen molar-refractivity contribution in [3.05, 3.63) is 12.0 Å². The highest BCUT2D eigenvalue weighted by Gasteiger charge is 2.20. The van der Waals surface area contributed by atoms with E-state index in [-0.39, 0.29) is 12.0 Å². The molecule has 58 valence electrons. The second kappa shape index (κ2) is 2.45. The van der Waals surface area contributed by atoms with Crippen molar-refractivity contribution in [1.29, 1.82) is 0 Å². The highest BCUT2D eigenvalue weighted by Crippen LogP contribution is 2.01. The predicted octanol–water partition coefficient (Wildman–Crippen LogP) is -1.55. The Bertz CT molecular complexity index is 158. The summed E-state index contributed by atoms with van der Waals surface area (Å²) >= 11 is 0. The quantitative estimate of drug-likeness (QED) is 0.330. The zero-order valence-corrected chi connectivity index (χ0v) is 5.78. The Hall–Kier alpha value is -0.780. The Morgan fingerprint density at radius 1 is 1.70 bits per heavy atom. The molecule has 0 radical (unpaired) electrons. The lowest BCUT2D eigenvalue weighted by Crippen LogP contribution is -2.59. The van der Waals surface area contributed by atoms with Crippen LogP contribution >= 0.6 is 0 Å². The van der Waals surface area contributed by atoms with Crippen LogP contribution in [0.2, 0.25) is 0 Å². The number of nitrogens with one attached hydrogen (secondary N) is 1. The highest BCUT2D eigenvalue weighted by molar-refractivity contribution is 5.01. The minimum Gasteiger partial charge on any atom is -0.495 e. The lowest BCUT2D eigenvalue weighted by atomic mass is 10.3. The fourth-order valence-electron chi connectivity index (χ4n) is 0.766. The summed E-state index contributed by atoms with van der Waals surface area (Å²) in [7, 11) is 1.77.